The van der Waals surface area contributed by atoms with E-state index >= 15 is 0 Å². The van der Waals surface area contributed by atoms with Crippen LogP contribution in [-0.2, 0) is 4.74 Å². The van der Waals surface area contributed by atoms with E-state index in [4.69, 9.17) is 27.9 Å². The summed E-state index contributed by atoms with van der Waals surface area (Å²) < 4.78 is 4.97. The Balaban J connectivity index is 2.39. The van der Waals surface area contributed by atoms with Crippen molar-refractivity contribution in [2.24, 2.45) is 0 Å². The van der Waals surface area contributed by atoms with Gasteiger partial charge in [-0.3, -0.25) is 4.79 Å². The molecule has 7 heteroatoms. The van der Waals surface area contributed by atoms with Crippen molar-refractivity contribution in [3.05, 3.63) is 38.2 Å². The lowest BCUT2D eigenvalue weighted by Gasteiger charge is -2.05. The normalized spacial score (nSPS) is 10.8. The zero-order valence-corrected chi connectivity index (χ0v) is 12.2. The molecule has 0 spiro atoms. The number of ether oxygens (including phenoxy) is 1. The zero-order valence-electron chi connectivity index (χ0n) is 10.7. The van der Waals surface area contributed by atoms with Crippen molar-refractivity contribution in [2.45, 2.75) is 19.8 Å². The molecule has 0 atom stereocenters. The predicted octanol–water partition coefficient (Wildman–Crippen LogP) is 3.19. The first-order chi connectivity index (χ1) is 9.52. The van der Waals surface area contributed by atoms with Gasteiger partial charge in [0.2, 0.25) is 5.69 Å². The minimum Gasteiger partial charge on any atom is -0.461 e. The van der Waals surface area contributed by atoms with Crippen LogP contribution in [0.15, 0.2) is 16.9 Å². The zero-order chi connectivity index (χ0) is 14.7. The van der Waals surface area contributed by atoms with Crippen molar-refractivity contribution >= 4 is 40.2 Å². The fourth-order valence-corrected chi connectivity index (χ4v) is 1.92. The van der Waals surface area contributed by atoms with Crippen molar-refractivity contribution in [1.29, 1.82) is 0 Å². The second-order valence-electron chi connectivity index (χ2n) is 4.19. The van der Waals surface area contributed by atoms with Crippen LogP contribution in [0.4, 0.5) is 0 Å². The summed E-state index contributed by atoms with van der Waals surface area (Å²) in [6, 6.07) is 2.97. The molecule has 0 amide bonds. The summed E-state index contributed by atoms with van der Waals surface area (Å²) in [5.41, 5.74) is -0.111. The van der Waals surface area contributed by atoms with Crippen LogP contribution < -0.4 is 5.56 Å². The molecule has 0 aliphatic rings. The number of hydrogen-bond acceptors (Lipinski definition) is 4. The first-order valence-corrected chi connectivity index (χ1v) is 6.84. The number of carbonyl (C=O) groups excluding carboxylic acids is 1. The summed E-state index contributed by atoms with van der Waals surface area (Å²) in [6.07, 6.45) is 1.63. The van der Waals surface area contributed by atoms with Crippen molar-refractivity contribution in [2.75, 3.05) is 6.61 Å². The number of unbranched alkanes of at least 4 members (excludes halogenated alkanes) is 1. The lowest BCUT2D eigenvalue weighted by atomic mass is 10.3. The van der Waals surface area contributed by atoms with E-state index in [1.165, 1.54) is 12.1 Å². The van der Waals surface area contributed by atoms with Gasteiger partial charge in [-0.25, -0.2) is 9.78 Å². The predicted molar refractivity (Wildman–Crippen MR) is 77.6 cm³/mol. The second kappa shape index (κ2) is 6.24. The van der Waals surface area contributed by atoms with Crippen LogP contribution in [-0.4, -0.2) is 22.5 Å². The van der Waals surface area contributed by atoms with Crippen LogP contribution in [0.1, 0.15) is 30.3 Å². The number of carbonyl (C=O) groups is 1. The topological polar surface area (TPSA) is 72.0 Å². The minimum atomic E-state index is -0.743. The largest absolute Gasteiger partial charge is 0.461 e. The number of fused-ring (bicyclic) bond motifs is 1. The Bertz CT molecular complexity index is 713. The third kappa shape index (κ3) is 3.11. The molecule has 0 saturated carbocycles. The Hall–Kier alpha value is -1.59. The Morgan fingerprint density at radius 2 is 2.05 bits per heavy atom. The fourth-order valence-electron chi connectivity index (χ4n) is 1.60. The summed E-state index contributed by atoms with van der Waals surface area (Å²) >= 11 is 11.7. The third-order valence-electron chi connectivity index (χ3n) is 2.66. The molecule has 0 radical (unpaired) electrons. The molecular formula is C13H12Cl2N2O3. The lowest BCUT2D eigenvalue weighted by Crippen LogP contribution is -2.22. The van der Waals surface area contributed by atoms with Gasteiger partial charge >= 0.3 is 5.97 Å². The van der Waals surface area contributed by atoms with Crippen LogP contribution in [0.5, 0.6) is 0 Å². The van der Waals surface area contributed by atoms with Crippen LogP contribution in [0, 0.1) is 0 Å². The van der Waals surface area contributed by atoms with Gasteiger partial charge in [-0.2, -0.15) is 0 Å². The van der Waals surface area contributed by atoms with E-state index < -0.39 is 11.5 Å². The van der Waals surface area contributed by atoms with E-state index in [2.05, 4.69) is 9.97 Å². The number of benzene rings is 1. The summed E-state index contributed by atoms with van der Waals surface area (Å²) in [7, 11) is 0. The van der Waals surface area contributed by atoms with Gasteiger partial charge in [0.15, 0.2) is 0 Å². The van der Waals surface area contributed by atoms with Gasteiger partial charge in [0.05, 0.1) is 27.7 Å². The molecule has 1 heterocycles. The molecule has 0 aliphatic heterocycles. The highest BCUT2D eigenvalue weighted by Crippen LogP contribution is 2.25. The number of halogens is 2. The summed E-state index contributed by atoms with van der Waals surface area (Å²) in [6.45, 7) is 2.23. The van der Waals surface area contributed by atoms with Gasteiger partial charge in [-0.15, -0.1) is 0 Å². The van der Waals surface area contributed by atoms with Crippen molar-refractivity contribution < 1.29 is 9.53 Å². The number of nitrogens with zero attached hydrogens (tertiary/aromatic N) is 1. The Labute approximate surface area is 124 Å². The average molecular weight is 315 g/mol. The van der Waals surface area contributed by atoms with Gasteiger partial charge in [-0.05, 0) is 18.6 Å². The minimum absolute atomic E-state index is 0.260. The molecule has 1 N–H and O–H groups in total. The summed E-state index contributed by atoms with van der Waals surface area (Å²) in [5, 5.41) is 0.596. The molecule has 0 unspecified atom stereocenters. The molecule has 0 aliphatic carbocycles. The maximum Gasteiger partial charge on any atom is 0.362 e. The number of aromatic nitrogens is 2. The van der Waals surface area contributed by atoms with Gasteiger partial charge in [0.1, 0.15) is 0 Å². The first kappa shape index (κ1) is 14.8. The van der Waals surface area contributed by atoms with Gasteiger partial charge < -0.3 is 9.72 Å². The number of hydrogen-bond donors (Lipinski definition) is 1. The van der Waals surface area contributed by atoms with Gasteiger partial charge in [0, 0.05) is 0 Å². The molecule has 1 aromatic carbocycles. The number of aromatic amines is 1. The SMILES string of the molecule is CCCCOC(=O)c1nc2cc(Cl)c(Cl)cc2[nH]c1=O. The molecular weight excluding hydrogens is 303 g/mol. The highest BCUT2D eigenvalue weighted by atomic mass is 35.5. The molecule has 2 rings (SSSR count). The number of esters is 1. The van der Waals surface area contributed by atoms with Gasteiger partial charge in [-0.1, -0.05) is 36.5 Å². The molecule has 0 saturated heterocycles. The van der Waals surface area contributed by atoms with Crippen LogP contribution in [0.3, 0.4) is 0 Å². The monoisotopic (exact) mass is 314 g/mol. The van der Waals surface area contributed by atoms with Crippen molar-refractivity contribution in [1.82, 2.24) is 9.97 Å². The quantitative estimate of drug-likeness (QED) is 0.695. The molecule has 0 bridgehead atoms. The Morgan fingerprint density at radius 3 is 2.75 bits per heavy atom. The highest BCUT2D eigenvalue weighted by molar-refractivity contribution is 6.42. The average Bonchev–Trinajstić information content (AvgIpc) is 2.40. The Morgan fingerprint density at radius 1 is 1.35 bits per heavy atom. The molecule has 5 nitrogen and oxygen atoms in total. The Kier molecular flexibility index (Phi) is 4.62. The highest BCUT2D eigenvalue weighted by Gasteiger charge is 2.16. The van der Waals surface area contributed by atoms with Crippen molar-refractivity contribution in [3.8, 4) is 0 Å². The fraction of sp³-hybridized carbons (Fsp3) is 0.308. The molecule has 106 valence electrons. The molecule has 2 aromatic rings. The van der Waals surface area contributed by atoms with E-state index in [0.717, 1.165) is 12.8 Å². The van der Waals surface area contributed by atoms with E-state index in [9.17, 15) is 9.59 Å². The van der Waals surface area contributed by atoms with Crippen LogP contribution >= 0.6 is 23.2 Å². The van der Waals surface area contributed by atoms with Gasteiger partial charge in [0.25, 0.3) is 5.56 Å². The summed E-state index contributed by atoms with van der Waals surface area (Å²) in [4.78, 5) is 30.1. The number of nitrogens with one attached hydrogen (secondary N) is 1. The van der Waals surface area contributed by atoms with E-state index in [1.807, 2.05) is 6.92 Å². The lowest BCUT2D eigenvalue weighted by molar-refractivity contribution is 0.0491. The standard InChI is InChI=1S/C13H12Cl2N2O3/c1-2-3-4-20-13(19)11-12(18)17-10-6-8(15)7(14)5-9(10)16-11/h5-6H,2-4H2,1H3,(H,17,18). The molecule has 20 heavy (non-hydrogen) atoms. The first-order valence-electron chi connectivity index (χ1n) is 6.09. The van der Waals surface area contributed by atoms with E-state index in [-0.39, 0.29) is 12.3 Å². The third-order valence-corrected chi connectivity index (χ3v) is 3.38. The second-order valence-corrected chi connectivity index (χ2v) is 5.00. The maximum atomic E-state index is 11.8. The number of rotatable bonds is 4. The van der Waals surface area contributed by atoms with E-state index in [0.29, 0.717) is 21.1 Å². The van der Waals surface area contributed by atoms with E-state index in [1.54, 1.807) is 0 Å². The molecule has 0 fully saturated rings. The summed E-state index contributed by atoms with van der Waals surface area (Å²) in [5.74, 6) is -0.743. The smallest absolute Gasteiger partial charge is 0.362 e. The molecule has 1 aromatic heterocycles. The number of H-pyrrole nitrogens is 1. The van der Waals surface area contributed by atoms with Crippen molar-refractivity contribution in [3.63, 3.8) is 0 Å². The maximum absolute atomic E-state index is 11.8. The van der Waals surface area contributed by atoms with Crippen LogP contribution in [0.2, 0.25) is 10.0 Å². The van der Waals surface area contributed by atoms with Crippen LogP contribution in [0.25, 0.3) is 11.0 Å².